The van der Waals surface area contributed by atoms with Gasteiger partial charge in [-0.15, -0.1) is 0 Å². The lowest BCUT2D eigenvalue weighted by atomic mass is 10.4. The van der Waals surface area contributed by atoms with E-state index >= 15 is 0 Å². The second kappa shape index (κ2) is 4.10. The molecular weight excluding hydrogens is 150 g/mol. The van der Waals surface area contributed by atoms with Crippen LogP contribution in [0.5, 0.6) is 0 Å². The van der Waals surface area contributed by atoms with Gasteiger partial charge in [-0.05, 0) is 32.3 Å². The molecule has 66 valence electrons. The summed E-state index contributed by atoms with van der Waals surface area (Å²) in [6, 6.07) is 0. The lowest BCUT2D eigenvalue weighted by Gasteiger charge is -2.05. The van der Waals surface area contributed by atoms with E-state index in [1.165, 1.54) is 12.8 Å². The lowest BCUT2D eigenvalue weighted by molar-refractivity contribution is 0.192. The van der Waals surface area contributed by atoms with Gasteiger partial charge in [0, 0.05) is 6.21 Å². The van der Waals surface area contributed by atoms with E-state index in [9.17, 15) is 0 Å². The molecule has 0 aromatic carbocycles. The summed E-state index contributed by atoms with van der Waals surface area (Å²) in [6.45, 7) is 7.56. The first kappa shape index (κ1) is 9.04. The van der Waals surface area contributed by atoms with E-state index < -0.39 is 0 Å². The SMILES string of the molecule is C=C/C=N\C(OC1CC1)=C(C)C. The molecule has 0 heterocycles. The van der Waals surface area contributed by atoms with E-state index in [-0.39, 0.29) is 0 Å². The summed E-state index contributed by atoms with van der Waals surface area (Å²) in [5, 5.41) is 0. The van der Waals surface area contributed by atoms with Crippen LogP contribution in [0, 0.1) is 0 Å². The summed E-state index contributed by atoms with van der Waals surface area (Å²) in [5.74, 6) is 0.748. The molecule has 1 rings (SSSR count). The van der Waals surface area contributed by atoms with E-state index in [0.717, 1.165) is 11.5 Å². The molecule has 0 saturated heterocycles. The third-order valence-corrected chi connectivity index (χ3v) is 1.53. The van der Waals surface area contributed by atoms with Crippen molar-refractivity contribution in [3.8, 4) is 0 Å². The molecule has 0 amide bonds. The number of hydrogen-bond donors (Lipinski definition) is 0. The van der Waals surface area contributed by atoms with Crippen LogP contribution in [0.3, 0.4) is 0 Å². The number of rotatable bonds is 4. The van der Waals surface area contributed by atoms with Gasteiger partial charge in [0.25, 0.3) is 0 Å². The molecule has 0 aromatic rings. The topological polar surface area (TPSA) is 21.6 Å². The minimum Gasteiger partial charge on any atom is -0.474 e. The van der Waals surface area contributed by atoms with Gasteiger partial charge in [-0.25, -0.2) is 4.99 Å². The fraction of sp³-hybridized carbons (Fsp3) is 0.500. The van der Waals surface area contributed by atoms with Crippen molar-refractivity contribution in [1.82, 2.24) is 0 Å². The highest BCUT2D eigenvalue weighted by Crippen LogP contribution is 2.27. The van der Waals surface area contributed by atoms with Crippen LogP contribution >= 0.6 is 0 Å². The Morgan fingerprint density at radius 1 is 1.50 bits per heavy atom. The van der Waals surface area contributed by atoms with Gasteiger partial charge in [0.2, 0.25) is 5.88 Å². The predicted molar refractivity (Wildman–Crippen MR) is 51.2 cm³/mol. The van der Waals surface area contributed by atoms with Crippen molar-refractivity contribution in [2.45, 2.75) is 32.8 Å². The van der Waals surface area contributed by atoms with Gasteiger partial charge in [0.05, 0.1) is 0 Å². The van der Waals surface area contributed by atoms with Gasteiger partial charge in [-0.3, -0.25) is 0 Å². The van der Waals surface area contributed by atoms with Crippen molar-refractivity contribution in [2.75, 3.05) is 0 Å². The summed E-state index contributed by atoms with van der Waals surface area (Å²) in [4.78, 5) is 4.14. The van der Waals surface area contributed by atoms with Crippen LogP contribution in [0.15, 0.2) is 29.1 Å². The molecule has 1 aliphatic rings. The molecule has 0 bridgehead atoms. The molecule has 0 N–H and O–H groups in total. The number of nitrogens with zero attached hydrogens (tertiary/aromatic N) is 1. The highest BCUT2D eigenvalue weighted by molar-refractivity contribution is 5.71. The molecule has 0 aromatic heterocycles. The van der Waals surface area contributed by atoms with Crippen LogP contribution in [-0.4, -0.2) is 12.3 Å². The van der Waals surface area contributed by atoms with Crippen LogP contribution in [0.25, 0.3) is 0 Å². The summed E-state index contributed by atoms with van der Waals surface area (Å²) in [7, 11) is 0. The summed E-state index contributed by atoms with van der Waals surface area (Å²) in [5.41, 5.74) is 1.11. The van der Waals surface area contributed by atoms with Crippen molar-refractivity contribution in [3.63, 3.8) is 0 Å². The normalized spacial score (nSPS) is 16.2. The number of ether oxygens (including phenoxy) is 1. The second-order valence-electron chi connectivity index (χ2n) is 3.14. The Morgan fingerprint density at radius 2 is 2.17 bits per heavy atom. The number of aliphatic imine (C=N–C) groups is 1. The molecule has 1 aliphatic carbocycles. The molecule has 1 saturated carbocycles. The minimum atomic E-state index is 0.414. The van der Waals surface area contributed by atoms with Gasteiger partial charge in [-0.1, -0.05) is 12.7 Å². The Bertz CT molecular complexity index is 220. The number of allylic oxidation sites excluding steroid dienone is 2. The Hall–Kier alpha value is -1.05. The maximum atomic E-state index is 5.56. The third-order valence-electron chi connectivity index (χ3n) is 1.53. The van der Waals surface area contributed by atoms with E-state index in [4.69, 9.17) is 4.74 Å². The second-order valence-corrected chi connectivity index (χ2v) is 3.14. The third kappa shape index (κ3) is 2.91. The highest BCUT2D eigenvalue weighted by Gasteiger charge is 2.24. The maximum Gasteiger partial charge on any atom is 0.212 e. The Balaban J connectivity index is 2.54. The molecule has 2 nitrogen and oxygen atoms in total. The van der Waals surface area contributed by atoms with Gasteiger partial charge < -0.3 is 4.74 Å². The first-order chi connectivity index (χ1) is 5.74. The predicted octanol–water partition coefficient (Wildman–Crippen LogP) is 2.67. The zero-order valence-corrected chi connectivity index (χ0v) is 7.71. The van der Waals surface area contributed by atoms with E-state index in [1.807, 2.05) is 13.8 Å². The van der Waals surface area contributed by atoms with Gasteiger partial charge in [0.15, 0.2) is 0 Å². The standard InChI is InChI=1S/C10H15NO/c1-4-7-11-10(8(2)3)12-9-5-6-9/h4,7,9H,1,5-6H2,2-3H3/b11-7-. The molecule has 0 radical (unpaired) electrons. The van der Waals surface area contributed by atoms with Gasteiger partial charge in [-0.2, -0.15) is 0 Å². The van der Waals surface area contributed by atoms with Crippen molar-refractivity contribution in [3.05, 3.63) is 24.1 Å². The monoisotopic (exact) mass is 165 g/mol. The Kier molecular flexibility index (Phi) is 3.09. The zero-order valence-electron chi connectivity index (χ0n) is 7.71. The van der Waals surface area contributed by atoms with Crippen LogP contribution in [0.1, 0.15) is 26.7 Å². The van der Waals surface area contributed by atoms with Crippen LogP contribution < -0.4 is 0 Å². The van der Waals surface area contributed by atoms with Crippen LogP contribution in [0.2, 0.25) is 0 Å². The molecule has 0 unspecified atom stereocenters. The van der Waals surface area contributed by atoms with Crippen LogP contribution in [-0.2, 0) is 4.74 Å². The lowest BCUT2D eigenvalue weighted by Crippen LogP contribution is -1.94. The summed E-state index contributed by atoms with van der Waals surface area (Å²) in [6.07, 6.45) is 6.06. The van der Waals surface area contributed by atoms with Crippen molar-refractivity contribution < 1.29 is 4.74 Å². The first-order valence-electron chi connectivity index (χ1n) is 4.23. The van der Waals surface area contributed by atoms with E-state index in [0.29, 0.717) is 6.10 Å². The molecular formula is C10H15NO. The molecule has 0 atom stereocenters. The van der Waals surface area contributed by atoms with E-state index in [1.54, 1.807) is 12.3 Å². The molecule has 12 heavy (non-hydrogen) atoms. The quantitative estimate of drug-likeness (QED) is 0.463. The van der Waals surface area contributed by atoms with Crippen molar-refractivity contribution in [2.24, 2.45) is 4.99 Å². The van der Waals surface area contributed by atoms with Gasteiger partial charge in [0.1, 0.15) is 6.10 Å². The summed E-state index contributed by atoms with van der Waals surface area (Å²) >= 11 is 0. The largest absolute Gasteiger partial charge is 0.474 e. The highest BCUT2D eigenvalue weighted by atomic mass is 16.5. The molecule has 0 spiro atoms. The van der Waals surface area contributed by atoms with Gasteiger partial charge >= 0.3 is 0 Å². The van der Waals surface area contributed by atoms with Crippen LogP contribution in [0.4, 0.5) is 0 Å². The molecule has 1 fully saturated rings. The first-order valence-corrected chi connectivity index (χ1v) is 4.23. The van der Waals surface area contributed by atoms with Crippen molar-refractivity contribution in [1.29, 1.82) is 0 Å². The summed E-state index contributed by atoms with van der Waals surface area (Å²) < 4.78 is 5.56. The average molecular weight is 165 g/mol. The zero-order chi connectivity index (χ0) is 8.97. The fourth-order valence-electron chi connectivity index (χ4n) is 0.742. The average Bonchev–Trinajstić information content (AvgIpc) is 2.80. The fourth-order valence-corrected chi connectivity index (χ4v) is 0.742. The minimum absolute atomic E-state index is 0.414. The Morgan fingerprint density at radius 3 is 2.58 bits per heavy atom. The molecule has 2 heteroatoms. The maximum absolute atomic E-state index is 5.56. The smallest absolute Gasteiger partial charge is 0.212 e. The Labute approximate surface area is 73.6 Å². The number of hydrogen-bond acceptors (Lipinski definition) is 2. The van der Waals surface area contributed by atoms with E-state index in [2.05, 4.69) is 11.6 Å². The molecule has 0 aliphatic heterocycles. The van der Waals surface area contributed by atoms with Crippen molar-refractivity contribution >= 4 is 6.21 Å².